The lowest BCUT2D eigenvalue weighted by Gasteiger charge is -2.29. The topological polar surface area (TPSA) is 33.1 Å². The van der Waals surface area contributed by atoms with Gasteiger partial charge in [0.2, 0.25) is 0 Å². The van der Waals surface area contributed by atoms with E-state index >= 15 is 0 Å². The van der Waals surface area contributed by atoms with Gasteiger partial charge in [0, 0.05) is 25.3 Å². The summed E-state index contributed by atoms with van der Waals surface area (Å²) < 4.78 is 1.94. The van der Waals surface area contributed by atoms with Crippen LogP contribution in [0.5, 0.6) is 0 Å². The van der Waals surface area contributed by atoms with Crippen molar-refractivity contribution in [3.05, 3.63) is 48.3 Å². The van der Waals surface area contributed by atoms with E-state index in [1.807, 2.05) is 29.1 Å². The van der Waals surface area contributed by atoms with E-state index in [0.29, 0.717) is 6.04 Å². The molecular weight excluding hydrogens is 272 g/mol. The van der Waals surface area contributed by atoms with Crippen molar-refractivity contribution < 1.29 is 0 Å². The number of nitrogens with one attached hydrogen (secondary N) is 1. The minimum atomic E-state index is 0.500. The molecule has 1 aromatic heterocycles. The molecule has 0 radical (unpaired) electrons. The summed E-state index contributed by atoms with van der Waals surface area (Å²) in [5.74, 6) is 0. The molecule has 1 fully saturated rings. The Balaban J connectivity index is 1.48. The van der Waals surface area contributed by atoms with E-state index in [-0.39, 0.29) is 0 Å². The van der Waals surface area contributed by atoms with Gasteiger partial charge < -0.3 is 10.2 Å². The minimum absolute atomic E-state index is 0.500. The zero-order valence-corrected chi connectivity index (χ0v) is 13.4. The zero-order valence-electron chi connectivity index (χ0n) is 13.4. The summed E-state index contributed by atoms with van der Waals surface area (Å²) in [7, 11) is 0. The van der Waals surface area contributed by atoms with Gasteiger partial charge in [-0.2, -0.15) is 5.10 Å². The van der Waals surface area contributed by atoms with Crippen molar-refractivity contribution in [1.82, 2.24) is 20.0 Å². The van der Waals surface area contributed by atoms with Gasteiger partial charge in [-0.1, -0.05) is 24.6 Å². The van der Waals surface area contributed by atoms with E-state index in [9.17, 15) is 0 Å². The molecule has 1 saturated heterocycles. The Morgan fingerprint density at radius 3 is 2.64 bits per heavy atom. The molecule has 0 bridgehead atoms. The third-order valence-electron chi connectivity index (χ3n) is 4.28. The van der Waals surface area contributed by atoms with Gasteiger partial charge in [0.15, 0.2) is 0 Å². The summed E-state index contributed by atoms with van der Waals surface area (Å²) in [4.78, 5) is 2.57. The van der Waals surface area contributed by atoms with Crippen LogP contribution in [0.3, 0.4) is 0 Å². The monoisotopic (exact) mass is 298 g/mol. The fourth-order valence-corrected chi connectivity index (χ4v) is 3.05. The predicted molar refractivity (Wildman–Crippen MR) is 90.2 cm³/mol. The molecule has 0 saturated carbocycles. The molecule has 118 valence electrons. The largest absolute Gasteiger partial charge is 0.307 e. The van der Waals surface area contributed by atoms with Crippen molar-refractivity contribution in [2.75, 3.05) is 19.6 Å². The van der Waals surface area contributed by atoms with Crippen LogP contribution in [0.15, 0.2) is 42.6 Å². The van der Waals surface area contributed by atoms with E-state index in [0.717, 1.165) is 24.5 Å². The molecule has 3 rings (SSSR count). The highest BCUT2D eigenvalue weighted by Gasteiger charge is 2.13. The molecule has 0 aliphatic carbocycles. The molecule has 2 aromatic rings. The van der Waals surface area contributed by atoms with Crippen LogP contribution >= 0.6 is 0 Å². The normalized spacial score (nSPS) is 17.5. The summed E-state index contributed by atoms with van der Waals surface area (Å²) in [5.41, 5.74) is 2.20. The third kappa shape index (κ3) is 4.18. The zero-order chi connectivity index (χ0) is 15.2. The first-order valence-electron chi connectivity index (χ1n) is 8.37. The number of piperidine rings is 1. The molecule has 22 heavy (non-hydrogen) atoms. The fourth-order valence-electron chi connectivity index (χ4n) is 3.05. The van der Waals surface area contributed by atoms with E-state index < -0.39 is 0 Å². The first-order valence-corrected chi connectivity index (χ1v) is 8.37. The lowest BCUT2D eigenvalue weighted by molar-refractivity contribution is 0.208. The van der Waals surface area contributed by atoms with Crippen LogP contribution in [-0.4, -0.2) is 40.4 Å². The van der Waals surface area contributed by atoms with Gasteiger partial charge in [0.05, 0.1) is 11.4 Å². The van der Waals surface area contributed by atoms with Gasteiger partial charge in [-0.05, 0) is 51.1 Å². The van der Waals surface area contributed by atoms with Crippen molar-refractivity contribution in [2.45, 2.75) is 38.8 Å². The van der Waals surface area contributed by atoms with Crippen molar-refractivity contribution in [3.8, 4) is 5.69 Å². The van der Waals surface area contributed by atoms with Gasteiger partial charge in [0.1, 0.15) is 0 Å². The summed E-state index contributed by atoms with van der Waals surface area (Å²) in [6.07, 6.45) is 6.14. The smallest absolute Gasteiger partial charge is 0.0766 e. The molecule has 1 atom stereocenters. The highest BCUT2D eigenvalue weighted by molar-refractivity contribution is 5.30. The average Bonchev–Trinajstić information content (AvgIpc) is 3.04. The maximum atomic E-state index is 4.64. The van der Waals surface area contributed by atoms with Crippen molar-refractivity contribution in [2.24, 2.45) is 0 Å². The highest BCUT2D eigenvalue weighted by atomic mass is 15.3. The number of likely N-dealkylation sites (tertiary alicyclic amines) is 1. The molecule has 0 spiro atoms. The Morgan fingerprint density at radius 1 is 1.09 bits per heavy atom. The third-order valence-corrected chi connectivity index (χ3v) is 4.28. The molecule has 4 heteroatoms. The first kappa shape index (κ1) is 15.3. The quantitative estimate of drug-likeness (QED) is 0.890. The van der Waals surface area contributed by atoms with Crippen LogP contribution in [0.4, 0.5) is 0 Å². The Hall–Kier alpha value is -1.65. The van der Waals surface area contributed by atoms with E-state index in [4.69, 9.17) is 0 Å². The molecule has 1 unspecified atom stereocenters. The molecule has 1 aliphatic heterocycles. The molecule has 1 aromatic carbocycles. The number of rotatable bonds is 6. The molecule has 0 amide bonds. The van der Waals surface area contributed by atoms with E-state index in [2.05, 4.69) is 40.4 Å². The number of para-hydroxylation sites is 1. The predicted octanol–water partition coefficient (Wildman–Crippen LogP) is 2.84. The molecular formula is C18H26N4. The van der Waals surface area contributed by atoms with Gasteiger partial charge >= 0.3 is 0 Å². The number of hydrogen-bond acceptors (Lipinski definition) is 3. The van der Waals surface area contributed by atoms with Crippen molar-refractivity contribution >= 4 is 0 Å². The van der Waals surface area contributed by atoms with E-state index in [1.165, 1.54) is 32.4 Å². The molecule has 4 nitrogen and oxygen atoms in total. The van der Waals surface area contributed by atoms with Crippen molar-refractivity contribution in [1.29, 1.82) is 0 Å². The average molecular weight is 298 g/mol. The molecule has 2 heterocycles. The van der Waals surface area contributed by atoms with Gasteiger partial charge in [-0.15, -0.1) is 0 Å². The Kier molecular flexibility index (Phi) is 5.24. The first-order chi connectivity index (χ1) is 10.8. The maximum Gasteiger partial charge on any atom is 0.0766 e. The van der Waals surface area contributed by atoms with Gasteiger partial charge in [-0.25, -0.2) is 4.68 Å². The second-order valence-corrected chi connectivity index (χ2v) is 6.23. The van der Waals surface area contributed by atoms with Gasteiger partial charge in [0.25, 0.3) is 0 Å². The standard InChI is InChI=1S/C18H26N4/c1-16(15-21-11-6-3-7-12-21)19-14-17-10-13-22(20-17)18-8-4-2-5-9-18/h2,4-5,8-10,13,16,19H,3,6-7,11-12,14-15H2,1H3. The Labute approximate surface area is 133 Å². The SMILES string of the molecule is CC(CN1CCCCC1)NCc1ccn(-c2ccccc2)n1. The van der Waals surface area contributed by atoms with Crippen LogP contribution in [0.2, 0.25) is 0 Å². The highest BCUT2D eigenvalue weighted by Crippen LogP contribution is 2.09. The van der Waals surface area contributed by atoms with Crippen LogP contribution in [0, 0.1) is 0 Å². The Bertz CT molecular complexity index is 557. The van der Waals surface area contributed by atoms with Crippen LogP contribution in [0.1, 0.15) is 31.9 Å². The Morgan fingerprint density at radius 2 is 1.86 bits per heavy atom. The lowest BCUT2D eigenvalue weighted by atomic mass is 10.1. The second-order valence-electron chi connectivity index (χ2n) is 6.23. The summed E-state index contributed by atoms with van der Waals surface area (Å²) >= 11 is 0. The summed E-state index contributed by atoms with van der Waals surface area (Å²) in [6, 6.07) is 12.8. The molecule has 1 N–H and O–H groups in total. The fraction of sp³-hybridized carbons (Fsp3) is 0.500. The lowest BCUT2D eigenvalue weighted by Crippen LogP contribution is -2.41. The molecule has 1 aliphatic rings. The second kappa shape index (κ2) is 7.56. The van der Waals surface area contributed by atoms with Crippen LogP contribution in [0.25, 0.3) is 5.69 Å². The number of benzene rings is 1. The van der Waals surface area contributed by atoms with Crippen molar-refractivity contribution in [3.63, 3.8) is 0 Å². The number of nitrogens with zero attached hydrogens (tertiary/aromatic N) is 3. The maximum absolute atomic E-state index is 4.64. The number of hydrogen-bond donors (Lipinski definition) is 1. The van der Waals surface area contributed by atoms with Crippen LogP contribution < -0.4 is 5.32 Å². The van der Waals surface area contributed by atoms with Crippen LogP contribution in [-0.2, 0) is 6.54 Å². The summed E-state index contributed by atoms with van der Waals surface area (Å²) in [5, 5.41) is 8.23. The number of aromatic nitrogens is 2. The minimum Gasteiger partial charge on any atom is -0.307 e. The summed E-state index contributed by atoms with van der Waals surface area (Å²) in [6.45, 7) is 6.75. The van der Waals surface area contributed by atoms with Gasteiger partial charge in [-0.3, -0.25) is 0 Å². The van der Waals surface area contributed by atoms with E-state index in [1.54, 1.807) is 0 Å².